The first-order valence-corrected chi connectivity index (χ1v) is 10.5. The minimum atomic E-state index is -0.571. The van der Waals surface area contributed by atoms with E-state index in [1.54, 1.807) is 24.3 Å². The molecular formula is C22H30ClNO5. The zero-order valence-corrected chi connectivity index (χ0v) is 18.0. The molecule has 2 rings (SSSR count). The molecule has 0 aromatic heterocycles. The zero-order chi connectivity index (χ0) is 21.4. The number of rotatable bonds is 8. The van der Waals surface area contributed by atoms with Crippen molar-refractivity contribution in [2.75, 3.05) is 13.2 Å². The highest BCUT2D eigenvalue weighted by Gasteiger charge is 2.33. The summed E-state index contributed by atoms with van der Waals surface area (Å²) in [5.74, 6) is -0.168. The number of carbonyl (C=O) groups excluding carboxylic acids is 3. The SMILES string of the molecule is CC(C)[C@@H]1CC[C@@H](C)C[C@H]1OC(=O)COC(=O)CCNC(=O)c1ccccc1Cl. The molecule has 0 heterocycles. The smallest absolute Gasteiger partial charge is 0.344 e. The Hall–Kier alpha value is -2.08. The van der Waals surface area contributed by atoms with Gasteiger partial charge in [-0.05, 0) is 42.7 Å². The summed E-state index contributed by atoms with van der Waals surface area (Å²) < 4.78 is 10.6. The fourth-order valence-electron chi connectivity index (χ4n) is 3.68. The first-order valence-electron chi connectivity index (χ1n) is 10.2. The van der Waals surface area contributed by atoms with Crippen LogP contribution in [0.4, 0.5) is 0 Å². The van der Waals surface area contributed by atoms with E-state index in [9.17, 15) is 14.4 Å². The van der Waals surface area contributed by atoms with Crippen molar-refractivity contribution in [3.05, 3.63) is 34.9 Å². The van der Waals surface area contributed by atoms with Gasteiger partial charge in [-0.25, -0.2) is 4.79 Å². The van der Waals surface area contributed by atoms with Crippen molar-refractivity contribution in [2.24, 2.45) is 17.8 Å². The van der Waals surface area contributed by atoms with Gasteiger partial charge < -0.3 is 14.8 Å². The summed E-state index contributed by atoms with van der Waals surface area (Å²) in [6, 6.07) is 6.65. The molecule has 1 aromatic rings. The Kier molecular flexibility index (Phi) is 8.96. The fourth-order valence-corrected chi connectivity index (χ4v) is 3.90. The molecule has 0 spiro atoms. The van der Waals surface area contributed by atoms with E-state index in [0.717, 1.165) is 19.3 Å². The molecular weight excluding hydrogens is 394 g/mol. The monoisotopic (exact) mass is 423 g/mol. The number of ether oxygens (including phenoxy) is 2. The van der Waals surface area contributed by atoms with Crippen LogP contribution in [0.5, 0.6) is 0 Å². The molecule has 0 bridgehead atoms. The third kappa shape index (κ3) is 7.35. The van der Waals surface area contributed by atoms with Gasteiger partial charge >= 0.3 is 11.9 Å². The molecule has 1 aromatic carbocycles. The van der Waals surface area contributed by atoms with E-state index in [1.165, 1.54) is 0 Å². The Balaban J connectivity index is 1.69. The van der Waals surface area contributed by atoms with Crippen LogP contribution >= 0.6 is 11.6 Å². The van der Waals surface area contributed by atoms with Gasteiger partial charge in [-0.1, -0.05) is 50.9 Å². The quantitative estimate of drug-likeness (QED) is 0.639. The summed E-state index contributed by atoms with van der Waals surface area (Å²) >= 11 is 5.96. The van der Waals surface area contributed by atoms with Crippen molar-refractivity contribution in [3.8, 4) is 0 Å². The number of nitrogens with one attached hydrogen (secondary N) is 1. The van der Waals surface area contributed by atoms with Gasteiger partial charge in [-0.15, -0.1) is 0 Å². The van der Waals surface area contributed by atoms with Gasteiger partial charge in [0.1, 0.15) is 6.10 Å². The number of hydrogen-bond donors (Lipinski definition) is 1. The first-order chi connectivity index (χ1) is 13.8. The van der Waals surface area contributed by atoms with E-state index < -0.39 is 18.5 Å². The summed E-state index contributed by atoms with van der Waals surface area (Å²) in [4.78, 5) is 36.0. The summed E-state index contributed by atoms with van der Waals surface area (Å²) in [6.45, 7) is 6.12. The Morgan fingerprint density at radius 2 is 1.90 bits per heavy atom. The summed E-state index contributed by atoms with van der Waals surface area (Å²) in [7, 11) is 0. The van der Waals surface area contributed by atoms with Crippen molar-refractivity contribution in [1.82, 2.24) is 5.32 Å². The highest BCUT2D eigenvalue weighted by molar-refractivity contribution is 6.33. The lowest BCUT2D eigenvalue weighted by molar-refractivity contribution is -0.167. The van der Waals surface area contributed by atoms with Crippen LogP contribution < -0.4 is 5.32 Å². The fraction of sp³-hybridized carbons (Fsp3) is 0.591. The number of carbonyl (C=O) groups is 3. The second-order valence-electron chi connectivity index (χ2n) is 8.00. The highest BCUT2D eigenvalue weighted by atomic mass is 35.5. The molecule has 29 heavy (non-hydrogen) atoms. The summed E-state index contributed by atoms with van der Waals surface area (Å²) in [5.41, 5.74) is 0.340. The van der Waals surface area contributed by atoms with Crippen molar-refractivity contribution >= 4 is 29.4 Å². The van der Waals surface area contributed by atoms with Crippen LogP contribution in [0.3, 0.4) is 0 Å². The molecule has 7 heteroatoms. The van der Waals surface area contributed by atoms with Gasteiger partial charge in [0.05, 0.1) is 17.0 Å². The van der Waals surface area contributed by atoms with Gasteiger partial charge in [-0.2, -0.15) is 0 Å². The molecule has 1 aliphatic carbocycles. The minimum Gasteiger partial charge on any atom is -0.460 e. The largest absolute Gasteiger partial charge is 0.460 e. The number of halogens is 1. The molecule has 0 radical (unpaired) electrons. The number of hydrogen-bond acceptors (Lipinski definition) is 5. The molecule has 1 N–H and O–H groups in total. The van der Waals surface area contributed by atoms with Gasteiger partial charge in [0.25, 0.3) is 5.91 Å². The lowest BCUT2D eigenvalue weighted by Crippen LogP contribution is -2.37. The molecule has 3 atom stereocenters. The predicted molar refractivity (Wildman–Crippen MR) is 111 cm³/mol. The van der Waals surface area contributed by atoms with E-state index >= 15 is 0 Å². The van der Waals surface area contributed by atoms with Crippen LogP contribution in [0.2, 0.25) is 5.02 Å². The van der Waals surface area contributed by atoms with E-state index in [0.29, 0.717) is 28.3 Å². The Morgan fingerprint density at radius 3 is 2.59 bits per heavy atom. The maximum Gasteiger partial charge on any atom is 0.344 e. The number of benzene rings is 1. The third-order valence-corrected chi connectivity index (χ3v) is 5.66. The van der Waals surface area contributed by atoms with Crippen LogP contribution in [-0.4, -0.2) is 37.1 Å². The second kappa shape index (κ2) is 11.2. The topological polar surface area (TPSA) is 81.7 Å². The first kappa shape index (κ1) is 23.2. The highest BCUT2D eigenvalue weighted by Crippen LogP contribution is 2.35. The molecule has 0 unspecified atom stereocenters. The normalized spacial score (nSPS) is 21.5. The molecule has 1 amide bonds. The van der Waals surface area contributed by atoms with Gasteiger partial charge in [0, 0.05) is 6.54 Å². The minimum absolute atomic E-state index is 0.0431. The van der Waals surface area contributed by atoms with Crippen LogP contribution in [0.25, 0.3) is 0 Å². The van der Waals surface area contributed by atoms with E-state index in [1.807, 2.05) is 0 Å². The second-order valence-corrected chi connectivity index (χ2v) is 8.41. The third-order valence-electron chi connectivity index (χ3n) is 5.33. The van der Waals surface area contributed by atoms with Crippen LogP contribution in [0.1, 0.15) is 56.8 Å². The Morgan fingerprint density at radius 1 is 1.17 bits per heavy atom. The van der Waals surface area contributed by atoms with Crippen molar-refractivity contribution in [2.45, 2.75) is 52.6 Å². The van der Waals surface area contributed by atoms with Crippen LogP contribution in [0.15, 0.2) is 24.3 Å². The van der Waals surface area contributed by atoms with E-state index in [-0.39, 0.29) is 25.0 Å². The molecule has 1 aliphatic rings. The number of esters is 2. The van der Waals surface area contributed by atoms with Crippen molar-refractivity contribution in [3.63, 3.8) is 0 Å². The van der Waals surface area contributed by atoms with E-state index in [4.69, 9.17) is 21.1 Å². The standard InChI is InChI=1S/C22H30ClNO5/c1-14(2)16-9-8-15(3)12-19(16)29-21(26)13-28-20(25)10-11-24-22(27)17-6-4-5-7-18(17)23/h4-7,14-16,19H,8-13H2,1-3H3,(H,24,27)/t15-,16+,19-/m1/s1. The molecule has 160 valence electrons. The maximum absolute atomic E-state index is 12.1. The van der Waals surface area contributed by atoms with Crippen molar-refractivity contribution in [1.29, 1.82) is 0 Å². The van der Waals surface area contributed by atoms with E-state index in [2.05, 4.69) is 26.1 Å². The zero-order valence-electron chi connectivity index (χ0n) is 17.3. The molecule has 0 saturated heterocycles. The van der Waals surface area contributed by atoms with Crippen LogP contribution in [0, 0.1) is 17.8 Å². The Labute approximate surface area is 177 Å². The average Bonchev–Trinajstić information content (AvgIpc) is 2.66. The number of amides is 1. The summed E-state index contributed by atoms with van der Waals surface area (Å²) in [5, 5.41) is 2.95. The summed E-state index contributed by atoms with van der Waals surface area (Å²) in [6.07, 6.45) is 2.86. The molecule has 0 aliphatic heterocycles. The predicted octanol–water partition coefficient (Wildman–Crippen LogP) is 4.01. The van der Waals surface area contributed by atoms with Gasteiger partial charge in [0.15, 0.2) is 6.61 Å². The Bertz CT molecular complexity index is 721. The lowest BCUT2D eigenvalue weighted by Gasteiger charge is -2.36. The average molecular weight is 424 g/mol. The molecule has 1 fully saturated rings. The molecule has 1 saturated carbocycles. The van der Waals surface area contributed by atoms with Gasteiger partial charge in [0.2, 0.25) is 0 Å². The van der Waals surface area contributed by atoms with Crippen molar-refractivity contribution < 1.29 is 23.9 Å². The lowest BCUT2D eigenvalue weighted by atomic mass is 9.75. The molecule has 6 nitrogen and oxygen atoms in total. The van der Waals surface area contributed by atoms with Crippen LogP contribution in [-0.2, 0) is 19.1 Å². The maximum atomic E-state index is 12.1. The van der Waals surface area contributed by atoms with Gasteiger partial charge in [-0.3, -0.25) is 9.59 Å².